The van der Waals surface area contributed by atoms with Crippen LogP contribution in [0.2, 0.25) is 0 Å². The molecule has 0 atom stereocenters. The Bertz CT molecular complexity index is 604. The third kappa shape index (κ3) is 4.67. The van der Waals surface area contributed by atoms with Crippen LogP contribution in [0, 0.1) is 5.92 Å². The standard InChI is InChI=1S/C13H17N3O3S/c14-20(18,19)12-5-3-11(4-6-12)9-16-13(17)15-8-7-10-1-2-10/h3-8,10H,1-2,9H2,(H2,14,18,19)(H2,15,16,17)/b8-7+. The molecule has 0 heterocycles. The van der Waals surface area contributed by atoms with Gasteiger partial charge in [0.15, 0.2) is 0 Å². The number of primary sulfonamides is 1. The third-order valence-electron chi connectivity index (χ3n) is 2.91. The number of carbonyl (C=O) groups is 1. The van der Waals surface area contributed by atoms with Crippen LogP contribution in [0.5, 0.6) is 0 Å². The highest BCUT2D eigenvalue weighted by molar-refractivity contribution is 7.89. The highest BCUT2D eigenvalue weighted by Gasteiger charge is 2.17. The molecule has 0 bridgehead atoms. The van der Waals surface area contributed by atoms with Crippen LogP contribution in [-0.4, -0.2) is 14.4 Å². The quantitative estimate of drug-likeness (QED) is 0.757. The summed E-state index contributed by atoms with van der Waals surface area (Å²) in [7, 11) is -3.67. The van der Waals surface area contributed by atoms with E-state index in [9.17, 15) is 13.2 Å². The van der Waals surface area contributed by atoms with Gasteiger partial charge in [0.1, 0.15) is 0 Å². The summed E-state index contributed by atoms with van der Waals surface area (Å²) in [6.07, 6.45) is 6.00. The fourth-order valence-corrected chi connectivity index (χ4v) is 2.09. The monoisotopic (exact) mass is 295 g/mol. The third-order valence-corrected chi connectivity index (χ3v) is 3.84. The van der Waals surface area contributed by atoms with Gasteiger partial charge in [-0.05, 0) is 36.5 Å². The average molecular weight is 295 g/mol. The maximum absolute atomic E-state index is 11.5. The summed E-state index contributed by atoms with van der Waals surface area (Å²) in [6, 6.07) is 5.76. The molecule has 1 aromatic carbocycles. The Balaban J connectivity index is 1.79. The van der Waals surface area contributed by atoms with Crippen molar-refractivity contribution < 1.29 is 13.2 Å². The van der Waals surface area contributed by atoms with Crippen LogP contribution < -0.4 is 15.8 Å². The summed E-state index contributed by atoms with van der Waals surface area (Å²) < 4.78 is 22.2. The van der Waals surface area contributed by atoms with E-state index in [-0.39, 0.29) is 10.9 Å². The number of rotatable bonds is 5. The molecule has 1 aromatic rings. The summed E-state index contributed by atoms with van der Waals surface area (Å²) in [4.78, 5) is 11.5. The van der Waals surface area contributed by atoms with Gasteiger partial charge in [0.05, 0.1) is 4.90 Å². The molecule has 20 heavy (non-hydrogen) atoms. The number of carbonyl (C=O) groups excluding carboxylic acids is 1. The van der Waals surface area contributed by atoms with Gasteiger partial charge in [0, 0.05) is 12.7 Å². The lowest BCUT2D eigenvalue weighted by molar-refractivity contribution is 0.243. The predicted octanol–water partition coefficient (Wildman–Crippen LogP) is 1.06. The first-order valence-corrected chi connectivity index (χ1v) is 7.82. The number of allylic oxidation sites excluding steroid dienone is 1. The molecule has 1 saturated carbocycles. The van der Waals surface area contributed by atoms with Crippen molar-refractivity contribution >= 4 is 16.1 Å². The second-order valence-corrected chi connectivity index (χ2v) is 6.27. The number of urea groups is 1. The SMILES string of the molecule is NS(=O)(=O)c1ccc(CNC(=O)N/C=C/C2CC2)cc1. The van der Waals surface area contributed by atoms with Crippen LogP contribution >= 0.6 is 0 Å². The van der Waals surface area contributed by atoms with Crippen LogP contribution in [0.15, 0.2) is 41.4 Å². The minimum atomic E-state index is -3.67. The Morgan fingerprint density at radius 2 is 1.95 bits per heavy atom. The molecule has 0 radical (unpaired) electrons. The first kappa shape index (κ1) is 14.5. The molecule has 2 amide bonds. The Kier molecular flexibility index (Phi) is 4.41. The second-order valence-electron chi connectivity index (χ2n) is 4.71. The highest BCUT2D eigenvalue weighted by atomic mass is 32.2. The molecule has 0 aromatic heterocycles. The van der Waals surface area contributed by atoms with Crippen molar-refractivity contribution in [2.45, 2.75) is 24.3 Å². The van der Waals surface area contributed by atoms with Crippen molar-refractivity contribution in [3.63, 3.8) is 0 Å². The zero-order chi connectivity index (χ0) is 14.6. The van der Waals surface area contributed by atoms with Crippen molar-refractivity contribution in [3.8, 4) is 0 Å². The molecule has 0 aliphatic heterocycles. The molecule has 0 saturated heterocycles. The summed E-state index contributed by atoms with van der Waals surface area (Å²) in [6.45, 7) is 0.313. The highest BCUT2D eigenvalue weighted by Crippen LogP contribution is 2.29. The second kappa shape index (κ2) is 6.06. The summed E-state index contributed by atoms with van der Waals surface area (Å²) in [5.41, 5.74) is 0.790. The van der Waals surface area contributed by atoms with Crippen molar-refractivity contribution in [1.82, 2.24) is 10.6 Å². The molecule has 6 nitrogen and oxygen atoms in total. The van der Waals surface area contributed by atoms with Crippen molar-refractivity contribution in [3.05, 3.63) is 42.1 Å². The molecule has 4 N–H and O–H groups in total. The Morgan fingerprint density at radius 3 is 2.50 bits per heavy atom. The van der Waals surface area contributed by atoms with Gasteiger partial charge in [-0.1, -0.05) is 18.2 Å². The summed E-state index contributed by atoms with van der Waals surface area (Å²) >= 11 is 0. The molecular weight excluding hydrogens is 278 g/mol. The van der Waals surface area contributed by atoms with Gasteiger partial charge in [0.25, 0.3) is 0 Å². The smallest absolute Gasteiger partial charge is 0.319 e. The zero-order valence-electron chi connectivity index (χ0n) is 10.9. The fourth-order valence-electron chi connectivity index (χ4n) is 1.58. The fraction of sp³-hybridized carbons (Fsp3) is 0.308. The zero-order valence-corrected chi connectivity index (χ0v) is 11.7. The van der Waals surface area contributed by atoms with Crippen molar-refractivity contribution in [2.75, 3.05) is 0 Å². The van der Waals surface area contributed by atoms with E-state index in [0.29, 0.717) is 12.5 Å². The van der Waals surface area contributed by atoms with Gasteiger partial charge < -0.3 is 10.6 Å². The van der Waals surface area contributed by atoms with Crippen molar-refractivity contribution in [2.24, 2.45) is 11.1 Å². The molecule has 0 spiro atoms. The maximum atomic E-state index is 11.5. The molecule has 1 aliphatic carbocycles. The predicted molar refractivity (Wildman–Crippen MR) is 75.1 cm³/mol. The van der Waals surface area contributed by atoms with E-state index in [1.165, 1.54) is 25.0 Å². The Labute approximate surface area is 118 Å². The van der Waals surface area contributed by atoms with Gasteiger partial charge >= 0.3 is 6.03 Å². The average Bonchev–Trinajstić information content (AvgIpc) is 3.20. The van der Waals surface area contributed by atoms with Gasteiger partial charge in [-0.2, -0.15) is 0 Å². The minimum absolute atomic E-state index is 0.0538. The molecular formula is C13H17N3O3S. The first-order chi connectivity index (χ1) is 9.45. The maximum Gasteiger partial charge on any atom is 0.319 e. The molecule has 7 heteroatoms. The number of amides is 2. The number of nitrogens with two attached hydrogens (primary N) is 1. The number of benzene rings is 1. The van der Waals surface area contributed by atoms with Crippen molar-refractivity contribution in [1.29, 1.82) is 0 Å². The summed E-state index contributed by atoms with van der Waals surface area (Å²) in [5.74, 6) is 0.612. The van der Waals surface area contributed by atoms with Gasteiger partial charge in [-0.15, -0.1) is 0 Å². The van der Waals surface area contributed by atoms with E-state index in [1.54, 1.807) is 18.3 Å². The molecule has 2 rings (SSSR count). The normalized spacial score (nSPS) is 15.2. The lowest BCUT2D eigenvalue weighted by Crippen LogP contribution is -2.31. The molecule has 108 valence electrons. The van der Waals surface area contributed by atoms with Crippen LogP contribution in [0.1, 0.15) is 18.4 Å². The van der Waals surface area contributed by atoms with E-state index in [0.717, 1.165) is 5.56 Å². The number of hydrogen-bond acceptors (Lipinski definition) is 3. The number of hydrogen-bond donors (Lipinski definition) is 3. The summed E-state index contributed by atoms with van der Waals surface area (Å²) in [5, 5.41) is 10.3. The van der Waals surface area contributed by atoms with E-state index < -0.39 is 10.0 Å². The van der Waals surface area contributed by atoms with Gasteiger partial charge in [-0.3, -0.25) is 0 Å². The Hall–Kier alpha value is -1.86. The minimum Gasteiger partial charge on any atom is -0.334 e. The molecule has 1 fully saturated rings. The number of nitrogens with one attached hydrogen (secondary N) is 2. The van der Waals surface area contributed by atoms with Crippen LogP contribution in [0.4, 0.5) is 4.79 Å². The lowest BCUT2D eigenvalue weighted by atomic mass is 10.2. The largest absolute Gasteiger partial charge is 0.334 e. The van der Waals surface area contributed by atoms with E-state index >= 15 is 0 Å². The Morgan fingerprint density at radius 1 is 1.30 bits per heavy atom. The van der Waals surface area contributed by atoms with Crippen LogP contribution in [-0.2, 0) is 16.6 Å². The van der Waals surface area contributed by atoms with E-state index in [4.69, 9.17) is 5.14 Å². The molecule has 1 aliphatic rings. The molecule has 0 unspecified atom stereocenters. The van der Waals surface area contributed by atoms with Gasteiger partial charge in [0.2, 0.25) is 10.0 Å². The topological polar surface area (TPSA) is 101 Å². The van der Waals surface area contributed by atoms with E-state index in [2.05, 4.69) is 10.6 Å². The van der Waals surface area contributed by atoms with Crippen LogP contribution in [0.3, 0.4) is 0 Å². The lowest BCUT2D eigenvalue weighted by Gasteiger charge is -2.05. The van der Waals surface area contributed by atoms with E-state index in [1.807, 2.05) is 6.08 Å². The van der Waals surface area contributed by atoms with Crippen LogP contribution in [0.25, 0.3) is 0 Å². The van der Waals surface area contributed by atoms with Gasteiger partial charge in [-0.25, -0.2) is 18.4 Å². The first-order valence-electron chi connectivity index (χ1n) is 6.28. The number of sulfonamides is 1.